The predicted octanol–water partition coefficient (Wildman–Crippen LogP) is 2.52. The zero-order chi connectivity index (χ0) is 14.9. The van der Waals surface area contributed by atoms with Crippen molar-refractivity contribution < 1.29 is 8.42 Å². The molecule has 1 aliphatic heterocycles. The number of nitrogens with two attached hydrogens (primary N) is 1. The van der Waals surface area contributed by atoms with Gasteiger partial charge in [0.05, 0.1) is 4.90 Å². The van der Waals surface area contributed by atoms with Crippen LogP contribution in [0.25, 0.3) is 0 Å². The Kier molecular flexibility index (Phi) is 4.52. The Morgan fingerprint density at radius 1 is 1.20 bits per heavy atom. The summed E-state index contributed by atoms with van der Waals surface area (Å²) in [6.07, 6.45) is 2.02. The van der Waals surface area contributed by atoms with E-state index in [4.69, 9.17) is 5.73 Å². The Labute approximate surface area is 122 Å². The van der Waals surface area contributed by atoms with Gasteiger partial charge in [0, 0.05) is 18.6 Å². The lowest BCUT2D eigenvalue weighted by atomic mass is 9.97. The molecule has 4 nitrogen and oxygen atoms in total. The molecule has 0 amide bonds. The molecule has 5 heteroatoms. The van der Waals surface area contributed by atoms with Crippen molar-refractivity contribution in [2.24, 2.45) is 11.7 Å². The predicted molar refractivity (Wildman–Crippen MR) is 80.8 cm³/mol. The van der Waals surface area contributed by atoms with E-state index in [-0.39, 0.29) is 12.1 Å². The first-order valence-electron chi connectivity index (χ1n) is 7.19. The summed E-state index contributed by atoms with van der Waals surface area (Å²) in [6, 6.07) is 6.93. The highest BCUT2D eigenvalue weighted by Gasteiger charge is 2.33. The average molecular weight is 296 g/mol. The van der Waals surface area contributed by atoms with Gasteiger partial charge in [0.25, 0.3) is 0 Å². The summed E-state index contributed by atoms with van der Waals surface area (Å²) in [5.74, 6) is 0.421. The molecule has 0 bridgehead atoms. The summed E-state index contributed by atoms with van der Waals surface area (Å²) in [4.78, 5) is 0.364. The molecule has 20 heavy (non-hydrogen) atoms. The zero-order valence-corrected chi connectivity index (χ0v) is 13.2. The van der Waals surface area contributed by atoms with Crippen molar-refractivity contribution >= 4 is 10.0 Å². The summed E-state index contributed by atoms with van der Waals surface area (Å²) in [5, 5.41) is 0. The third kappa shape index (κ3) is 3.05. The molecule has 3 atom stereocenters. The van der Waals surface area contributed by atoms with Crippen LogP contribution in [0.2, 0.25) is 0 Å². The number of piperidine rings is 1. The van der Waals surface area contributed by atoms with E-state index in [1.165, 1.54) is 0 Å². The first-order chi connectivity index (χ1) is 9.32. The number of benzene rings is 1. The van der Waals surface area contributed by atoms with Gasteiger partial charge in [0.1, 0.15) is 0 Å². The number of hydrogen-bond donors (Lipinski definition) is 1. The smallest absolute Gasteiger partial charge is 0.243 e. The maximum absolute atomic E-state index is 12.7. The highest BCUT2D eigenvalue weighted by atomic mass is 32.2. The molecule has 2 N–H and O–H groups in total. The van der Waals surface area contributed by atoms with Crippen molar-refractivity contribution in [3.05, 3.63) is 29.8 Å². The second-order valence-electron chi connectivity index (χ2n) is 5.96. The van der Waals surface area contributed by atoms with Gasteiger partial charge in [-0.05, 0) is 50.3 Å². The van der Waals surface area contributed by atoms with Crippen LogP contribution in [0.1, 0.15) is 45.2 Å². The van der Waals surface area contributed by atoms with E-state index < -0.39 is 10.0 Å². The SMILES string of the molecule is CC1CCC(C)N(S(=O)(=O)c2ccc(C(C)N)cc2)C1. The van der Waals surface area contributed by atoms with Crippen molar-refractivity contribution in [3.63, 3.8) is 0 Å². The van der Waals surface area contributed by atoms with Crippen LogP contribution >= 0.6 is 0 Å². The number of hydrogen-bond acceptors (Lipinski definition) is 3. The summed E-state index contributed by atoms with van der Waals surface area (Å²) < 4.78 is 27.1. The van der Waals surface area contributed by atoms with E-state index in [1.807, 2.05) is 13.8 Å². The molecule has 1 heterocycles. The van der Waals surface area contributed by atoms with E-state index in [0.29, 0.717) is 17.4 Å². The van der Waals surface area contributed by atoms with Crippen molar-refractivity contribution in [2.75, 3.05) is 6.54 Å². The van der Waals surface area contributed by atoms with E-state index in [0.717, 1.165) is 18.4 Å². The van der Waals surface area contributed by atoms with Crippen LogP contribution in [-0.2, 0) is 10.0 Å². The highest BCUT2D eigenvalue weighted by Crippen LogP contribution is 2.28. The zero-order valence-electron chi connectivity index (χ0n) is 12.4. The molecule has 0 saturated carbocycles. The molecule has 0 radical (unpaired) electrons. The van der Waals surface area contributed by atoms with Gasteiger partial charge >= 0.3 is 0 Å². The normalized spacial score (nSPS) is 26.4. The molecule has 1 aromatic carbocycles. The van der Waals surface area contributed by atoms with Gasteiger partial charge in [-0.3, -0.25) is 0 Å². The van der Waals surface area contributed by atoms with Crippen LogP contribution in [0.15, 0.2) is 29.2 Å². The van der Waals surface area contributed by atoms with Gasteiger partial charge in [0.2, 0.25) is 10.0 Å². The first-order valence-corrected chi connectivity index (χ1v) is 8.63. The monoisotopic (exact) mass is 296 g/mol. The molecule has 1 aliphatic rings. The van der Waals surface area contributed by atoms with Crippen LogP contribution in [0.3, 0.4) is 0 Å². The molecule has 3 unspecified atom stereocenters. The summed E-state index contributed by atoms with van der Waals surface area (Å²) in [7, 11) is -3.39. The van der Waals surface area contributed by atoms with Gasteiger partial charge in [-0.25, -0.2) is 8.42 Å². The third-order valence-corrected chi connectivity index (χ3v) is 6.07. The Bertz CT molecular complexity index is 552. The van der Waals surface area contributed by atoms with Gasteiger partial charge in [-0.15, -0.1) is 0 Å². The topological polar surface area (TPSA) is 63.4 Å². The molecule has 1 fully saturated rings. The van der Waals surface area contributed by atoms with E-state index in [9.17, 15) is 8.42 Å². The van der Waals surface area contributed by atoms with E-state index >= 15 is 0 Å². The lowest BCUT2D eigenvalue weighted by Gasteiger charge is -2.35. The second kappa shape index (κ2) is 5.84. The summed E-state index contributed by atoms with van der Waals surface area (Å²) in [6.45, 7) is 6.59. The summed E-state index contributed by atoms with van der Waals surface area (Å²) >= 11 is 0. The standard InChI is InChI=1S/C15H24N2O2S/c1-11-4-5-12(2)17(10-11)20(18,19)15-8-6-14(7-9-15)13(3)16/h6-9,11-13H,4-5,10,16H2,1-3H3. The van der Waals surface area contributed by atoms with Crippen molar-refractivity contribution in [1.29, 1.82) is 0 Å². The minimum Gasteiger partial charge on any atom is -0.324 e. The lowest BCUT2D eigenvalue weighted by molar-refractivity contribution is 0.218. The Balaban J connectivity index is 2.29. The summed E-state index contributed by atoms with van der Waals surface area (Å²) in [5.41, 5.74) is 6.74. The molecule has 0 aliphatic carbocycles. The van der Waals surface area contributed by atoms with Crippen LogP contribution in [0, 0.1) is 5.92 Å². The largest absolute Gasteiger partial charge is 0.324 e. The van der Waals surface area contributed by atoms with Crippen molar-refractivity contribution in [1.82, 2.24) is 4.31 Å². The van der Waals surface area contributed by atoms with Gasteiger partial charge in [-0.2, -0.15) is 4.31 Å². The molecule has 1 saturated heterocycles. The lowest BCUT2D eigenvalue weighted by Crippen LogP contribution is -2.44. The fourth-order valence-corrected chi connectivity index (χ4v) is 4.44. The second-order valence-corrected chi connectivity index (χ2v) is 7.85. The minimum atomic E-state index is -3.39. The van der Waals surface area contributed by atoms with Crippen molar-refractivity contribution in [2.45, 2.75) is 50.6 Å². The maximum atomic E-state index is 12.7. The quantitative estimate of drug-likeness (QED) is 0.932. The van der Waals surface area contributed by atoms with Crippen LogP contribution in [0.4, 0.5) is 0 Å². The van der Waals surface area contributed by atoms with Crippen LogP contribution < -0.4 is 5.73 Å². The molecule has 2 rings (SSSR count). The number of rotatable bonds is 3. The number of nitrogens with zero attached hydrogens (tertiary/aromatic N) is 1. The van der Waals surface area contributed by atoms with Crippen LogP contribution in [-0.4, -0.2) is 25.3 Å². The minimum absolute atomic E-state index is 0.0734. The number of sulfonamides is 1. The van der Waals surface area contributed by atoms with Gasteiger partial charge in [-0.1, -0.05) is 19.1 Å². The Hall–Kier alpha value is -0.910. The Morgan fingerprint density at radius 2 is 1.80 bits per heavy atom. The van der Waals surface area contributed by atoms with Gasteiger partial charge < -0.3 is 5.73 Å². The molecular formula is C15H24N2O2S. The highest BCUT2D eigenvalue weighted by molar-refractivity contribution is 7.89. The van der Waals surface area contributed by atoms with Crippen LogP contribution in [0.5, 0.6) is 0 Å². The fraction of sp³-hybridized carbons (Fsp3) is 0.600. The van der Waals surface area contributed by atoms with E-state index in [1.54, 1.807) is 28.6 Å². The molecule has 0 spiro atoms. The molecule has 1 aromatic rings. The Morgan fingerprint density at radius 3 is 2.35 bits per heavy atom. The van der Waals surface area contributed by atoms with Crippen molar-refractivity contribution in [3.8, 4) is 0 Å². The molecular weight excluding hydrogens is 272 g/mol. The molecule has 0 aromatic heterocycles. The third-order valence-electron chi connectivity index (χ3n) is 4.07. The van der Waals surface area contributed by atoms with Gasteiger partial charge in [0.15, 0.2) is 0 Å². The fourth-order valence-electron chi connectivity index (χ4n) is 2.66. The first kappa shape index (κ1) is 15.5. The maximum Gasteiger partial charge on any atom is 0.243 e. The average Bonchev–Trinajstić information content (AvgIpc) is 2.41. The van der Waals surface area contributed by atoms with E-state index in [2.05, 4.69) is 6.92 Å². The molecule has 112 valence electrons.